The molecule has 1 aromatic rings. The summed E-state index contributed by atoms with van der Waals surface area (Å²) in [4.78, 5) is 14.3. The minimum atomic E-state index is 0.521. The van der Waals surface area contributed by atoms with Gasteiger partial charge in [0.1, 0.15) is 0 Å². The van der Waals surface area contributed by atoms with E-state index in [4.69, 9.17) is 11.2 Å². The van der Waals surface area contributed by atoms with Gasteiger partial charge in [-0.3, -0.25) is 4.79 Å². The van der Waals surface area contributed by atoms with E-state index in [2.05, 4.69) is 16.6 Å². The van der Waals surface area contributed by atoms with Crippen LogP contribution in [-0.4, -0.2) is 24.9 Å². The lowest BCUT2D eigenvalue weighted by molar-refractivity contribution is 0.112. The highest BCUT2D eigenvalue weighted by molar-refractivity contribution is 5.73. The first-order valence-electron chi connectivity index (χ1n) is 4.92. The molecule has 16 heavy (non-hydrogen) atoms. The summed E-state index contributed by atoms with van der Waals surface area (Å²) in [5.74, 6) is 3.05. The van der Waals surface area contributed by atoms with Gasteiger partial charge in [0, 0.05) is 24.2 Å². The number of terminal acetylenes is 1. The van der Waals surface area contributed by atoms with E-state index in [1.165, 1.54) is 13.2 Å². The van der Waals surface area contributed by atoms with Crippen LogP contribution in [0.15, 0.2) is 18.3 Å². The first-order valence-corrected chi connectivity index (χ1v) is 4.92. The second kappa shape index (κ2) is 9.69. The summed E-state index contributed by atoms with van der Waals surface area (Å²) in [6, 6.07) is 3.33. The number of unbranched alkanes of at least 4 members (excludes halogenated alkanes) is 1. The summed E-state index contributed by atoms with van der Waals surface area (Å²) in [5, 5.41) is 0. The van der Waals surface area contributed by atoms with Crippen molar-refractivity contribution >= 4 is 6.29 Å². The first-order chi connectivity index (χ1) is 7.86. The van der Waals surface area contributed by atoms with Crippen molar-refractivity contribution in [3.05, 3.63) is 23.9 Å². The fraction of sp³-hybridized carbons (Fsp3) is 0.333. The zero-order valence-corrected chi connectivity index (χ0v) is 9.35. The first kappa shape index (κ1) is 14.1. The number of nitrogens with two attached hydrogens (primary N) is 1. The van der Waals surface area contributed by atoms with Crippen molar-refractivity contribution in [2.24, 2.45) is 5.73 Å². The third-order valence-electron chi connectivity index (χ3n) is 1.61. The van der Waals surface area contributed by atoms with E-state index in [0.29, 0.717) is 24.5 Å². The predicted octanol–water partition coefficient (Wildman–Crippen LogP) is 1.26. The van der Waals surface area contributed by atoms with Crippen LogP contribution in [0, 0.1) is 12.3 Å². The van der Waals surface area contributed by atoms with E-state index in [1.807, 2.05) is 0 Å². The number of carbonyl (C=O) groups is 1. The van der Waals surface area contributed by atoms with Crippen LogP contribution >= 0.6 is 0 Å². The van der Waals surface area contributed by atoms with Crippen molar-refractivity contribution in [1.82, 2.24) is 4.98 Å². The lowest BCUT2D eigenvalue weighted by Crippen LogP contribution is -1.98. The van der Waals surface area contributed by atoms with E-state index < -0.39 is 0 Å². The Labute approximate surface area is 95.8 Å². The molecular formula is C12H16N2O2. The number of aromatic nitrogens is 1. The zero-order valence-electron chi connectivity index (χ0n) is 9.35. The van der Waals surface area contributed by atoms with Gasteiger partial charge in [-0.1, -0.05) is 0 Å². The van der Waals surface area contributed by atoms with Gasteiger partial charge in [-0.05, 0) is 19.5 Å². The average Bonchev–Trinajstić information content (AvgIpc) is 2.38. The molecule has 0 saturated heterocycles. The molecule has 1 aromatic heterocycles. The summed E-state index contributed by atoms with van der Waals surface area (Å²) >= 11 is 0. The lowest BCUT2D eigenvalue weighted by Gasteiger charge is -2.02. The Bertz CT molecular complexity index is 328. The van der Waals surface area contributed by atoms with Crippen LogP contribution in [0.5, 0.6) is 5.88 Å². The van der Waals surface area contributed by atoms with Gasteiger partial charge < -0.3 is 10.5 Å². The van der Waals surface area contributed by atoms with Crippen LogP contribution in [0.25, 0.3) is 0 Å². The van der Waals surface area contributed by atoms with Gasteiger partial charge in [-0.2, -0.15) is 0 Å². The molecule has 4 heteroatoms. The molecule has 0 amide bonds. The van der Waals surface area contributed by atoms with Crippen molar-refractivity contribution in [2.75, 3.05) is 13.7 Å². The fourth-order valence-corrected chi connectivity index (χ4v) is 0.898. The predicted molar refractivity (Wildman–Crippen MR) is 63.3 cm³/mol. The molecule has 0 radical (unpaired) electrons. The largest absolute Gasteiger partial charge is 0.478 e. The molecule has 0 spiro atoms. The second-order valence-corrected chi connectivity index (χ2v) is 2.70. The Kier molecular flexibility index (Phi) is 8.56. The molecule has 0 bridgehead atoms. The molecule has 0 aliphatic carbocycles. The third kappa shape index (κ3) is 5.78. The molecule has 0 unspecified atom stereocenters. The van der Waals surface area contributed by atoms with Crippen LogP contribution in [0.3, 0.4) is 0 Å². The minimum Gasteiger partial charge on any atom is -0.478 e. The number of aldehydes is 1. The topological polar surface area (TPSA) is 65.2 Å². The Morgan fingerprint density at radius 1 is 1.56 bits per heavy atom. The SMILES string of the molecule is C#CCCCOc1ccc(C=O)cn1.CN. The molecule has 0 atom stereocenters. The van der Waals surface area contributed by atoms with Crippen molar-refractivity contribution < 1.29 is 9.53 Å². The minimum absolute atomic E-state index is 0.521. The van der Waals surface area contributed by atoms with E-state index in [-0.39, 0.29) is 0 Å². The molecule has 0 saturated carbocycles. The third-order valence-corrected chi connectivity index (χ3v) is 1.61. The number of pyridine rings is 1. The lowest BCUT2D eigenvalue weighted by atomic mass is 10.3. The Morgan fingerprint density at radius 3 is 2.81 bits per heavy atom. The molecular weight excluding hydrogens is 204 g/mol. The standard InChI is InChI=1S/C11H11NO2.CH5N/c1-2-3-4-7-14-11-6-5-10(9-13)8-12-11;1-2/h1,5-6,8-9H,3-4,7H2;2H2,1H3. The van der Waals surface area contributed by atoms with Gasteiger partial charge >= 0.3 is 0 Å². The smallest absolute Gasteiger partial charge is 0.213 e. The quantitative estimate of drug-likeness (QED) is 0.461. The number of hydrogen-bond donors (Lipinski definition) is 1. The number of nitrogens with zero attached hydrogens (tertiary/aromatic N) is 1. The molecule has 0 aromatic carbocycles. The summed E-state index contributed by atoms with van der Waals surface area (Å²) in [6.45, 7) is 0.553. The van der Waals surface area contributed by atoms with Crippen molar-refractivity contribution in [2.45, 2.75) is 12.8 Å². The molecule has 86 valence electrons. The molecule has 1 rings (SSSR count). The van der Waals surface area contributed by atoms with Crippen LogP contribution < -0.4 is 10.5 Å². The number of ether oxygens (including phenoxy) is 1. The molecule has 1 heterocycles. The molecule has 0 aliphatic rings. The normalized spacial score (nSPS) is 8.31. The molecule has 2 N–H and O–H groups in total. The van der Waals surface area contributed by atoms with Crippen molar-refractivity contribution in [1.29, 1.82) is 0 Å². The zero-order chi connectivity index (χ0) is 12.2. The van der Waals surface area contributed by atoms with E-state index in [1.54, 1.807) is 12.1 Å². The van der Waals surface area contributed by atoms with E-state index in [9.17, 15) is 4.79 Å². The van der Waals surface area contributed by atoms with Crippen LogP contribution in [0.1, 0.15) is 23.2 Å². The highest BCUT2D eigenvalue weighted by Crippen LogP contribution is 2.06. The molecule has 0 aliphatic heterocycles. The highest BCUT2D eigenvalue weighted by atomic mass is 16.5. The maximum atomic E-state index is 10.3. The highest BCUT2D eigenvalue weighted by Gasteiger charge is 1.95. The Hall–Kier alpha value is -1.86. The van der Waals surface area contributed by atoms with Gasteiger partial charge in [0.15, 0.2) is 6.29 Å². The Morgan fingerprint density at radius 2 is 2.31 bits per heavy atom. The summed E-state index contributed by atoms with van der Waals surface area (Å²) in [7, 11) is 1.50. The maximum Gasteiger partial charge on any atom is 0.213 e. The molecule has 4 nitrogen and oxygen atoms in total. The monoisotopic (exact) mass is 220 g/mol. The van der Waals surface area contributed by atoms with Gasteiger partial charge in [0.25, 0.3) is 0 Å². The van der Waals surface area contributed by atoms with Crippen LogP contribution in [0.2, 0.25) is 0 Å². The summed E-state index contributed by atoms with van der Waals surface area (Å²) < 4.78 is 5.28. The second-order valence-electron chi connectivity index (χ2n) is 2.70. The Balaban J connectivity index is 0.00000106. The van der Waals surface area contributed by atoms with E-state index in [0.717, 1.165) is 12.7 Å². The van der Waals surface area contributed by atoms with Gasteiger partial charge in [-0.15, -0.1) is 12.3 Å². The van der Waals surface area contributed by atoms with Gasteiger partial charge in [-0.25, -0.2) is 4.98 Å². The van der Waals surface area contributed by atoms with Crippen LogP contribution in [-0.2, 0) is 0 Å². The van der Waals surface area contributed by atoms with Gasteiger partial charge in [0.05, 0.1) is 6.61 Å². The summed E-state index contributed by atoms with van der Waals surface area (Å²) in [6.07, 6.45) is 8.82. The number of carbonyl (C=O) groups excluding carboxylic acids is 1. The van der Waals surface area contributed by atoms with Gasteiger partial charge in [0.2, 0.25) is 5.88 Å². The number of rotatable bonds is 5. The maximum absolute atomic E-state index is 10.3. The summed E-state index contributed by atoms with van der Waals surface area (Å²) in [5.41, 5.74) is 5.04. The molecule has 0 fully saturated rings. The van der Waals surface area contributed by atoms with Crippen molar-refractivity contribution in [3.63, 3.8) is 0 Å². The fourth-order valence-electron chi connectivity index (χ4n) is 0.898. The average molecular weight is 220 g/mol. The van der Waals surface area contributed by atoms with E-state index >= 15 is 0 Å². The van der Waals surface area contributed by atoms with Crippen molar-refractivity contribution in [3.8, 4) is 18.2 Å². The van der Waals surface area contributed by atoms with Crippen LogP contribution in [0.4, 0.5) is 0 Å². The number of hydrogen-bond acceptors (Lipinski definition) is 4.